The average molecular weight is 350 g/mol. The van der Waals surface area contributed by atoms with Crippen LogP contribution >= 0.6 is 0 Å². The van der Waals surface area contributed by atoms with Crippen LogP contribution in [0.2, 0.25) is 0 Å². The van der Waals surface area contributed by atoms with E-state index in [1.807, 2.05) is 0 Å². The fraction of sp³-hybridized carbons (Fsp3) is 0.312. The Morgan fingerprint density at radius 1 is 1.24 bits per heavy atom. The Balaban J connectivity index is 2.26. The molecule has 0 unspecified atom stereocenters. The molecule has 9 nitrogen and oxygen atoms in total. The van der Waals surface area contributed by atoms with Crippen LogP contribution in [-0.4, -0.2) is 38.2 Å². The number of nitrogens with zero attached hydrogens (tertiary/aromatic N) is 2. The van der Waals surface area contributed by atoms with Crippen LogP contribution in [-0.2, 0) is 11.3 Å². The number of aromatic nitrogens is 1. The minimum Gasteiger partial charge on any atom is -0.496 e. The van der Waals surface area contributed by atoms with Crippen LogP contribution in [0.15, 0.2) is 30.3 Å². The molecule has 0 aliphatic heterocycles. The predicted octanol–water partition coefficient (Wildman–Crippen LogP) is 2.24. The molecule has 25 heavy (non-hydrogen) atoms. The first-order chi connectivity index (χ1) is 11.7. The number of carbonyl (C=O) groups is 1. The van der Waals surface area contributed by atoms with Crippen LogP contribution in [0.1, 0.15) is 13.8 Å². The smallest absolute Gasteiger partial charge is 0.314 e. The highest BCUT2D eigenvalue weighted by atomic mass is 16.6. The van der Waals surface area contributed by atoms with Gasteiger partial charge < -0.3 is 19.7 Å². The second-order valence-electron chi connectivity index (χ2n) is 5.76. The van der Waals surface area contributed by atoms with Gasteiger partial charge in [-0.25, -0.2) is 0 Å². The number of nitro benzene ring substituents is 1. The molecule has 1 heterocycles. The van der Waals surface area contributed by atoms with E-state index >= 15 is 0 Å². The molecule has 0 bridgehead atoms. The van der Waals surface area contributed by atoms with E-state index in [2.05, 4.69) is 0 Å². The fourth-order valence-electron chi connectivity index (χ4n) is 2.13. The van der Waals surface area contributed by atoms with E-state index in [1.165, 1.54) is 51.3 Å². The summed E-state index contributed by atoms with van der Waals surface area (Å²) in [5, 5.41) is 30.4. The van der Waals surface area contributed by atoms with Crippen molar-refractivity contribution in [1.82, 2.24) is 4.57 Å². The summed E-state index contributed by atoms with van der Waals surface area (Å²) in [4.78, 5) is 23.1. The Morgan fingerprint density at radius 3 is 2.36 bits per heavy atom. The van der Waals surface area contributed by atoms with Gasteiger partial charge in [0.2, 0.25) is 0 Å². The van der Waals surface area contributed by atoms with E-state index in [1.54, 1.807) is 0 Å². The van der Waals surface area contributed by atoms with Crippen LogP contribution in [0.5, 0.6) is 23.3 Å². The van der Waals surface area contributed by atoms with Gasteiger partial charge in [0.05, 0.1) is 24.6 Å². The number of methoxy groups -OCH3 is 1. The number of rotatable bonds is 7. The first-order valence-electron chi connectivity index (χ1n) is 7.28. The number of hydrogen-bond donors (Lipinski definition) is 2. The number of hydrogen-bond acceptors (Lipinski definition) is 7. The monoisotopic (exact) mass is 350 g/mol. The SMILES string of the molecule is COc1ccc(OC(C)(C)C(=O)Cn2c(O)ccc2O)c([N+](=O)[O-])c1. The van der Waals surface area contributed by atoms with Crippen molar-refractivity contribution in [2.75, 3.05) is 7.11 Å². The van der Waals surface area contributed by atoms with E-state index in [9.17, 15) is 25.1 Å². The largest absolute Gasteiger partial charge is 0.496 e. The Morgan fingerprint density at radius 2 is 1.84 bits per heavy atom. The average Bonchev–Trinajstić information content (AvgIpc) is 2.86. The normalized spacial score (nSPS) is 11.2. The lowest BCUT2D eigenvalue weighted by atomic mass is 10.0. The van der Waals surface area contributed by atoms with E-state index in [0.29, 0.717) is 0 Å². The van der Waals surface area contributed by atoms with E-state index in [4.69, 9.17) is 9.47 Å². The first kappa shape index (κ1) is 18.1. The summed E-state index contributed by atoms with van der Waals surface area (Å²) in [5.41, 5.74) is -1.78. The second kappa shape index (κ2) is 6.71. The van der Waals surface area contributed by atoms with Gasteiger partial charge in [0.25, 0.3) is 0 Å². The van der Waals surface area contributed by atoms with Gasteiger partial charge in [-0.3, -0.25) is 19.5 Å². The van der Waals surface area contributed by atoms with Gasteiger partial charge >= 0.3 is 5.69 Å². The number of nitro groups is 1. The molecule has 0 atom stereocenters. The summed E-state index contributed by atoms with van der Waals surface area (Å²) in [6.45, 7) is 2.53. The third-order valence-corrected chi connectivity index (χ3v) is 3.64. The molecule has 0 spiro atoms. The summed E-state index contributed by atoms with van der Waals surface area (Å²) >= 11 is 0. The summed E-state index contributed by atoms with van der Waals surface area (Å²) in [6, 6.07) is 6.50. The Hall–Kier alpha value is -3.23. The van der Waals surface area contributed by atoms with E-state index < -0.39 is 16.3 Å². The van der Waals surface area contributed by atoms with Crippen molar-refractivity contribution in [1.29, 1.82) is 0 Å². The first-order valence-corrected chi connectivity index (χ1v) is 7.28. The van der Waals surface area contributed by atoms with E-state index in [-0.39, 0.29) is 35.5 Å². The van der Waals surface area contributed by atoms with Crippen LogP contribution in [0.25, 0.3) is 0 Å². The van der Waals surface area contributed by atoms with Gasteiger partial charge in [0, 0.05) is 12.1 Å². The van der Waals surface area contributed by atoms with Crippen LogP contribution in [0.3, 0.4) is 0 Å². The molecule has 0 aliphatic carbocycles. The van der Waals surface area contributed by atoms with Crippen LogP contribution < -0.4 is 9.47 Å². The topological polar surface area (TPSA) is 124 Å². The Labute approximate surface area is 143 Å². The van der Waals surface area contributed by atoms with Crippen molar-refractivity contribution in [3.05, 3.63) is 40.4 Å². The molecular weight excluding hydrogens is 332 g/mol. The lowest BCUT2D eigenvalue weighted by Gasteiger charge is -2.25. The molecule has 0 fully saturated rings. The van der Waals surface area contributed by atoms with Gasteiger partial charge in [0.15, 0.2) is 28.9 Å². The summed E-state index contributed by atoms with van der Waals surface area (Å²) in [7, 11) is 1.38. The highest BCUT2D eigenvalue weighted by Gasteiger charge is 2.33. The Kier molecular flexibility index (Phi) is 4.87. The van der Waals surface area contributed by atoms with Crippen molar-refractivity contribution in [2.45, 2.75) is 26.0 Å². The molecule has 1 aromatic heterocycles. The number of ether oxygens (including phenoxy) is 2. The lowest BCUT2D eigenvalue weighted by molar-refractivity contribution is -0.386. The predicted molar refractivity (Wildman–Crippen MR) is 87.1 cm³/mol. The number of benzene rings is 1. The maximum Gasteiger partial charge on any atom is 0.314 e. The molecule has 2 rings (SSSR count). The van der Waals surface area contributed by atoms with E-state index in [0.717, 1.165) is 4.57 Å². The quantitative estimate of drug-likeness (QED) is 0.579. The second-order valence-corrected chi connectivity index (χ2v) is 5.76. The summed E-state index contributed by atoms with van der Waals surface area (Å²) in [5.74, 6) is -0.871. The van der Waals surface area contributed by atoms with Crippen molar-refractivity contribution in [3.8, 4) is 23.3 Å². The zero-order valence-corrected chi connectivity index (χ0v) is 13.9. The number of carbonyl (C=O) groups excluding carboxylic acids is 1. The fourth-order valence-corrected chi connectivity index (χ4v) is 2.13. The minimum absolute atomic E-state index is 0.0925. The zero-order chi connectivity index (χ0) is 18.8. The van der Waals surface area contributed by atoms with Crippen molar-refractivity contribution < 1.29 is 29.4 Å². The maximum atomic E-state index is 12.5. The standard InChI is InChI=1S/C16H18N2O7/c1-16(2,13(19)9-17-14(20)6-7-15(17)21)25-12-5-4-10(24-3)8-11(12)18(22)23/h4-8,20-21H,9H2,1-3H3. The third kappa shape index (κ3) is 3.82. The van der Waals surface area contributed by atoms with Crippen LogP contribution in [0.4, 0.5) is 5.69 Å². The molecule has 0 radical (unpaired) electrons. The summed E-state index contributed by atoms with van der Waals surface area (Å²) < 4.78 is 11.5. The van der Waals surface area contributed by atoms with Gasteiger partial charge in [-0.2, -0.15) is 0 Å². The number of Topliss-reactive ketones (excluding diaryl/α,β-unsaturated/α-hetero) is 1. The van der Waals surface area contributed by atoms with Crippen molar-refractivity contribution in [3.63, 3.8) is 0 Å². The third-order valence-electron chi connectivity index (χ3n) is 3.64. The van der Waals surface area contributed by atoms with Gasteiger partial charge in [-0.1, -0.05) is 0 Å². The van der Waals surface area contributed by atoms with Gasteiger partial charge in [-0.05, 0) is 26.0 Å². The molecule has 1 aromatic carbocycles. The highest BCUT2D eigenvalue weighted by Crippen LogP contribution is 2.34. The molecular formula is C16H18N2O7. The molecule has 0 saturated carbocycles. The zero-order valence-electron chi connectivity index (χ0n) is 13.9. The Bertz CT molecular complexity index is 791. The molecule has 0 aliphatic rings. The number of ketones is 1. The molecule has 0 saturated heterocycles. The summed E-state index contributed by atoms with van der Waals surface area (Å²) in [6.07, 6.45) is 0. The molecule has 9 heteroatoms. The molecule has 2 aromatic rings. The highest BCUT2D eigenvalue weighted by molar-refractivity contribution is 5.87. The number of aromatic hydroxyl groups is 2. The molecule has 2 N–H and O–H groups in total. The lowest BCUT2D eigenvalue weighted by Crippen LogP contribution is -2.40. The van der Waals surface area contributed by atoms with Crippen molar-refractivity contribution >= 4 is 11.5 Å². The van der Waals surface area contributed by atoms with Gasteiger partial charge in [-0.15, -0.1) is 0 Å². The van der Waals surface area contributed by atoms with Crippen molar-refractivity contribution in [2.24, 2.45) is 0 Å². The minimum atomic E-state index is -1.44. The van der Waals surface area contributed by atoms with Gasteiger partial charge in [0.1, 0.15) is 5.75 Å². The molecule has 134 valence electrons. The molecule has 0 amide bonds. The maximum absolute atomic E-state index is 12.5. The van der Waals surface area contributed by atoms with Crippen LogP contribution in [0, 0.1) is 10.1 Å².